The van der Waals surface area contributed by atoms with Crippen molar-refractivity contribution in [3.05, 3.63) is 52.8 Å². The molecule has 1 atom stereocenters. The fourth-order valence-electron chi connectivity index (χ4n) is 3.90. The summed E-state index contributed by atoms with van der Waals surface area (Å²) in [5.74, 6) is 1.66. The minimum absolute atomic E-state index is 0.294. The molecule has 1 aromatic heterocycles. The molecule has 2 aromatic carbocycles. The Hall–Kier alpha value is -3.61. The van der Waals surface area contributed by atoms with Crippen molar-refractivity contribution < 1.29 is 18.7 Å². The maximum absolute atomic E-state index is 12.0. The van der Waals surface area contributed by atoms with Crippen molar-refractivity contribution in [1.29, 1.82) is 0 Å². The second-order valence-corrected chi connectivity index (χ2v) is 7.67. The van der Waals surface area contributed by atoms with Gasteiger partial charge in [-0.1, -0.05) is 0 Å². The van der Waals surface area contributed by atoms with Crippen LogP contribution >= 0.6 is 0 Å². The summed E-state index contributed by atoms with van der Waals surface area (Å²) >= 11 is 0. The summed E-state index contributed by atoms with van der Waals surface area (Å²) in [4.78, 5) is 12.0. The van der Waals surface area contributed by atoms with Crippen molar-refractivity contribution >= 4 is 34.0 Å². The SMILES string of the molecule is COc1ccc2oc(C3=NN=C(C)Cc4cc5c(cc43)NC(C)C(=O)O5)c(C)c2c1. The molecule has 0 saturated heterocycles. The Morgan fingerprint density at radius 2 is 2.00 bits per heavy atom. The van der Waals surface area contributed by atoms with Crippen LogP contribution in [0.4, 0.5) is 5.69 Å². The van der Waals surface area contributed by atoms with Gasteiger partial charge in [-0.2, -0.15) is 5.10 Å². The highest BCUT2D eigenvalue weighted by molar-refractivity contribution is 6.16. The van der Waals surface area contributed by atoms with Crippen LogP contribution < -0.4 is 14.8 Å². The van der Waals surface area contributed by atoms with E-state index in [1.54, 1.807) is 14.0 Å². The molecule has 152 valence electrons. The van der Waals surface area contributed by atoms with Crippen LogP contribution in [0.3, 0.4) is 0 Å². The number of nitrogens with zero attached hydrogens (tertiary/aromatic N) is 2. The van der Waals surface area contributed by atoms with Crippen molar-refractivity contribution in [3.63, 3.8) is 0 Å². The second-order valence-electron chi connectivity index (χ2n) is 7.67. The van der Waals surface area contributed by atoms with E-state index in [1.807, 2.05) is 44.2 Å². The van der Waals surface area contributed by atoms with Gasteiger partial charge in [0.25, 0.3) is 0 Å². The number of hydrogen-bond donors (Lipinski definition) is 1. The van der Waals surface area contributed by atoms with Crippen LogP contribution in [0.1, 0.15) is 36.3 Å². The Balaban J connectivity index is 1.70. The number of benzene rings is 2. The summed E-state index contributed by atoms with van der Waals surface area (Å²) in [5, 5.41) is 13.1. The van der Waals surface area contributed by atoms with Crippen LogP contribution in [0, 0.1) is 6.92 Å². The van der Waals surface area contributed by atoms with Crippen LogP contribution in [0.2, 0.25) is 0 Å². The molecule has 0 spiro atoms. The topological polar surface area (TPSA) is 85.4 Å². The number of hydrogen-bond acceptors (Lipinski definition) is 7. The first-order chi connectivity index (χ1) is 14.4. The average Bonchev–Trinajstić information content (AvgIpc) is 2.96. The molecule has 0 radical (unpaired) electrons. The first-order valence-corrected chi connectivity index (χ1v) is 9.78. The van der Waals surface area contributed by atoms with E-state index in [9.17, 15) is 4.79 Å². The molecular formula is C23H21N3O4. The van der Waals surface area contributed by atoms with E-state index >= 15 is 0 Å². The highest BCUT2D eigenvalue weighted by Gasteiger charge is 2.29. The zero-order valence-corrected chi connectivity index (χ0v) is 17.2. The van der Waals surface area contributed by atoms with E-state index in [-0.39, 0.29) is 5.97 Å². The van der Waals surface area contributed by atoms with Gasteiger partial charge in [0.2, 0.25) is 0 Å². The van der Waals surface area contributed by atoms with Gasteiger partial charge < -0.3 is 19.2 Å². The number of furan rings is 1. The number of rotatable bonds is 2. The van der Waals surface area contributed by atoms with E-state index in [0.29, 0.717) is 23.6 Å². The Morgan fingerprint density at radius 1 is 1.17 bits per heavy atom. The van der Waals surface area contributed by atoms with Crippen molar-refractivity contribution in [3.8, 4) is 11.5 Å². The molecule has 1 unspecified atom stereocenters. The van der Waals surface area contributed by atoms with Crippen molar-refractivity contribution in [2.24, 2.45) is 10.2 Å². The fourth-order valence-corrected chi connectivity index (χ4v) is 3.90. The molecule has 0 saturated carbocycles. The van der Waals surface area contributed by atoms with Crippen LogP contribution in [-0.4, -0.2) is 30.5 Å². The fraction of sp³-hybridized carbons (Fsp3) is 0.261. The van der Waals surface area contributed by atoms with Gasteiger partial charge >= 0.3 is 5.97 Å². The monoisotopic (exact) mass is 403 g/mol. The number of esters is 1. The predicted octanol–water partition coefficient (Wildman–Crippen LogP) is 4.24. The summed E-state index contributed by atoms with van der Waals surface area (Å²) in [5.41, 5.74) is 5.89. The van der Waals surface area contributed by atoms with Gasteiger partial charge in [0.15, 0.2) is 11.5 Å². The standard InChI is InChI=1S/C23H21N3O4/c1-11-7-14-8-20-18(24-13(3)23(27)30-20)10-17(14)21(26-25-11)22-12(2)16-9-15(28-4)5-6-19(16)29-22/h5-6,8-10,13,24H,7H2,1-4H3. The van der Waals surface area contributed by atoms with Crippen LogP contribution in [0.15, 0.2) is 45.0 Å². The summed E-state index contributed by atoms with van der Waals surface area (Å²) < 4.78 is 17.1. The number of carbonyl (C=O) groups excluding carboxylic acids is 1. The molecule has 30 heavy (non-hydrogen) atoms. The molecule has 7 heteroatoms. The molecule has 7 nitrogen and oxygen atoms in total. The molecule has 3 aromatic rings. The summed E-state index contributed by atoms with van der Waals surface area (Å²) in [6.45, 7) is 5.71. The van der Waals surface area contributed by atoms with E-state index < -0.39 is 6.04 Å². The molecule has 2 aliphatic heterocycles. The molecule has 3 heterocycles. The molecular weight excluding hydrogens is 382 g/mol. The third kappa shape index (κ3) is 2.85. The number of methoxy groups -OCH3 is 1. The van der Waals surface area contributed by atoms with Crippen molar-refractivity contribution in [2.75, 3.05) is 12.4 Å². The Morgan fingerprint density at radius 3 is 2.80 bits per heavy atom. The van der Waals surface area contributed by atoms with Gasteiger partial charge in [-0.25, -0.2) is 4.79 Å². The first-order valence-electron chi connectivity index (χ1n) is 9.78. The van der Waals surface area contributed by atoms with Gasteiger partial charge in [-0.05, 0) is 56.7 Å². The van der Waals surface area contributed by atoms with Crippen LogP contribution in [0.5, 0.6) is 11.5 Å². The molecule has 0 amide bonds. The first kappa shape index (κ1) is 18.4. The highest BCUT2D eigenvalue weighted by Crippen LogP contribution is 2.37. The third-order valence-corrected chi connectivity index (χ3v) is 5.52. The van der Waals surface area contributed by atoms with Crippen molar-refractivity contribution in [1.82, 2.24) is 0 Å². The van der Waals surface area contributed by atoms with Crippen LogP contribution in [-0.2, 0) is 11.2 Å². The Kier molecular flexibility index (Phi) is 4.13. The summed E-state index contributed by atoms with van der Waals surface area (Å²) in [7, 11) is 1.64. The van der Waals surface area contributed by atoms with Crippen molar-refractivity contribution in [2.45, 2.75) is 33.2 Å². The molecule has 0 aliphatic carbocycles. The number of anilines is 1. The smallest absolute Gasteiger partial charge is 0.333 e. The maximum atomic E-state index is 12.0. The predicted molar refractivity (Wildman–Crippen MR) is 115 cm³/mol. The molecule has 1 N–H and O–H groups in total. The van der Waals surface area contributed by atoms with E-state index in [1.165, 1.54) is 0 Å². The lowest BCUT2D eigenvalue weighted by molar-refractivity contribution is -0.135. The number of fused-ring (bicyclic) bond motifs is 3. The summed E-state index contributed by atoms with van der Waals surface area (Å²) in [6, 6.07) is 9.17. The molecule has 0 bridgehead atoms. The number of ether oxygens (including phenoxy) is 2. The van der Waals surface area contributed by atoms with E-state index in [2.05, 4.69) is 15.5 Å². The Labute approximate surface area is 173 Å². The minimum atomic E-state index is -0.417. The lowest BCUT2D eigenvalue weighted by atomic mass is 9.94. The Bertz CT molecular complexity index is 1270. The van der Waals surface area contributed by atoms with Gasteiger partial charge in [-0.15, -0.1) is 5.10 Å². The summed E-state index contributed by atoms with van der Waals surface area (Å²) in [6.07, 6.45) is 0.607. The van der Waals surface area contributed by atoms with E-state index in [4.69, 9.17) is 13.9 Å². The van der Waals surface area contributed by atoms with Gasteiger partial charge in [0.1, 0.15) is 23.1 Å². The normalized spacial score (nSPS) is 17.9. The lowest BCUT2D eigenvalue weighted by Gasteiger charge is -2.24. The number of nitrogens with one attached hydrogen (secondary N) is 1. The van der Waals surface area contributed by atoms with Gasteiger partial charge in [0.05, 0.1) is 12.8 Å². The zero-order valence-electron chi connectivity index (χ0n) is 17.2. The average molecular weight is 403 g/mol. The molecule has 2 aliphatic rings. The zero-order chi connectivity index (χ0) is 21.0. The minimum Gasteiger partial charge on any atom is -0.497 e. The second kappa shape index (κ2) is 6.73. The van der Waals surface area contributed by atoms with Crippen LogP contribution in [0.25, 0.3) is 11.0 Å². The molecule has 5 rings (SSSR count). The lowest BCUT2D eigenvalue weighted by Crippen LogP contribution is -2.34. The third-order valence-electron chi connectivity index (χ3n) is 5.52. The number of aryl methyl sites for hydroxylation is 1. The maximum Gasteiger partial charge on any atom is 0.333 e. The largest absolute Gasteiger partial charge is 0.497 e. The van der Waals surface area contributed by atoms with Gasteiger partial charge in [0, 0.05) is 28.6 Å². The highest BCUT2D eigenvalue weighted by atomic mass is 16.5. The van der Waals surface area contributed by atoms with Gasteiger partial charge in [-0.3, -0.25) is 0 Å². The quantitative estimate of drug-likeness (QED) is 0.511. The number of carbonyl (C=O) groups is 1. The van der Waals surface area contributed by atoms with E-state index in [0.717, 1.165) is 44.8 Å². The molecule has 0 fully saturated rings.